The van der Waals surface area contributed by atoms with Gasteiger partial charge in [-0.2, -0.15) is 5.26 Å². The fourth-order valence-electron chi connectivity index (χ4n) is 3.49. The van der Waals surface area contributed by atoms with Gasteiger partial charge in [0.2, 0.25) is 0 Å². The number of nitriles is 1. The van der Waals surface area contributed by atoms with Crippen LogP contribution in [0.3, 0.4) is 0 Å². The Morgan fingerprint density at radius 1 is 1.15 bits per heavy atom. The second-order valence-corrected chi connectivity index (χ2v) is 8.67. The molecule has 2 aromatic rings. The molecule has 4 nitrogen and oxygen atoms in total. The lowest BCUT2D eigenvalue weighted by atomic mass is 10.0. The van der Waals surface area contributed by atoms with Gasteiger partial charge in [0.15, 0.2) is 9.84 Å². The number of benzene rings is 2. The summed E-state index contributed by atoms with van der Waals surface area (Å²) < 4.78 is 45.1. The summed E-state index contributed by atoms with van der Waals surface area (Å²) in [6.07, 6.45) is 0. The van der Waals surface area contributed by atoms with Crippen molar-refractivity contribution in [2.45, 2.75) is 29.9 Å². The molecule has 0 radical (unpaired) electrons. The van der Waals surface area contributed by atoms with Gasteiger partial charge in [0.25, 0.3) is 0 Å². The monoisotopic (exact) mass is 373 g/mol. The van der Waals surface area contributed by atoms with Gasteiger partial charge < -0.3 is 4.74 Å². The van der Waals surface area contributed by atoms with Crippen LogP contribution in [0, 0.1) is 29.5 Å². The van der Waals surface area contributed by atoms with E-state index in [-0.39, 0.29) is 11.5 Å². The first-order valence-corrected chi connectivity index (χ1v) is 9.96. The molecule has 0 spiro atoms. The Bertz CT molecular complexity index is 933. The van der Waals surface area contributed by atoms with E-state index in [9.17, 15) is 18.1 Å². The maximum absolute atomic E-state index is 13.3. The second kappa shape index (κ2) is 6.82. The average Bonchev–Trinajstić information content (AvgIpc) is 3.31. The molecule has 0 aliphatic heterocycles. The zero-order chi connectivity index (χ0) is 18.9. The van der Waals surface area contributed by atoms with Crippen molar-refractivity contribution in [2.75, 3.05) is 13.2 Å². The van der Waals surface area contributed by atoms with Crippen molar-refractivity contribution in [2.24, 2.45) is 5.41 Å². The summed E-state index contributed by atoms with van der Waals surface area (Å²) in [4.78, 5) is 0.189. The maximum Gasteiger partial charge on any atom is 0.183 e. The first kappa shape index (κ1) is 18.6. The van der Waals surface area contributed by atoms with Gasteiger partial charge in [-0.15, -0.1) is 0 Å². The van der Waals surface area contributed by atoms with E-state index in [0.717, 1.165) is 5.56 Å². The van der Waals surface area contributed by atoms with Gasteiger partial charge in [0.05, 0.1) is 22.8 Å². The molecule has 1 aliphatic carbocycles. The molecule has 0 aromatic heterocycles. The van der Waals surface area contributed by atoms with Gasteiger partial charge in [-0.25, -0.2) is 12.8 Å². The van der Waals surface area contributed by atoms with Crippen molar-refractivity contribution in [3.8, 4) is 6.07 Å². The number of halogens is 1. The number of sulfone groups is 1. The van der Waals surface area contributed by atoms with Crippen molar-refractivity contribution in [3.05, 3.63) is 65.5 Å². The standard InChI is InChI=1S/C20H20FNO3S/c1-3-25-13-20(12-22)18(15-6-8-16(21)9-7-15)19(20)26(23,24)17-10-4-14(2)5-11-17/h4-11,18-19H,3,13H2,1-2H3/t18-,19+,20+/m0/s1. The molecule has 0 N–H and O–H groups in total. The topological polar surface area (TPSA) is 67.2 Å². The molecule has 1 aliphatic rings. The first-order chi connectivity index (χ1) is 12.4. The number of rotatable bonds is 6. The van der Waals surface area contributed by atoms with Crippen LogP contribution in [0.1, 0.15) is 24.0 Å². The number of aryl methyl sites for hydroxylation is 1. The second-order valence-electron chi connectivity index (χ2n) is 6.60. The van der Waals surface area contributed by atoms with E-state index in [1.165, 1.54) is 12.1 Å². The SMILES string of the molecule is CCOC[C@@]1(C#N)[C@H](S(=O)(=O)c2ccc(C)cc2)[C@@H]1c1ccc(F)cc1. The van der Waals surface area contributed by atoms with Crippen molar-refractivity contribution in [3.63, 3.8) is 0 Å². The highest BCUT2D eigenvalue weighted by Gasteiger charge is 2.72. The average molecular weight is 373 g/mol. The van der Waals surface area contributed by atoms with E-state index in [1.807, 2.05) is 6.92 Å². The van der Waals surface area contributed by atoms with Gasteiger partial charge in [-0.1, -0.05) is 29.8 Å². The van der Waals surface area contributed by atoms with E-state index >= 15 is 0 Å². The number of nitrogens with zero attached hydrogens (tertiary/aromatic N) is 1. The van der Waals surface area contributed by atoms with E-state index < -0.39 is 32.2 Å². The lowest BCUT2D eigenvalue weighted by molar-refractivity contribution is 0.117. The van der Waals surface area contributed by atoms with Crippen LogP contribution in [0.5, 0.6) is 0 Å². The van der Waals surface area contributed by atoms with Gasteiger partial charge in [0, 0.05) is 12.5 Å². The predicted molar refractivity (Wildman–Crippen MR) is 95.8 cm³/mol. The highest BCUT2D eigenvalue weighted by atomic mass is 32.2. The summed E-state index contributed by atoms with van der Waals surface area (Å²) in [6.45, 7) is 4.09. The van der Waals surface area contributed by atoms with E-state index in [2.05, 4.69) is 6.07 Å². The van der Waals surface area contributed by atoms with Gasteiger partial charge in [-0.3, -0.25) is 0 Å². The molecule has 0 unspecified atom stereocenters. The molecule has 2 aromatic carbocycles. The summed E-state index contributed by atoms with van der Waals surface area (Å²) in [6, 6.07) is 14.4. The van der Waals surface area contributed by atoms with E-state index in [0.29, 0.717) is 12.2 Å². The quantitative estimate of drug-likeness (QED) is 0.776. The molecule has 0 saturated heterocycles. The van der Waals surface area contributed by atoms with Gasteiger partial charge in [0.1, 0.15) is 11.2 Å². The number of hydrogen-bond acceptors (Lipinski definition) is 4. The minimum Gasteiger partial charge on any atom is -0.380 e. The number of ether oxygens (including phenoxy) is 1. The Balaban J connectivity index is 2.05. The third kappa shape index (κ3) is 3.02. The Kier molecular flexibility index (Phi) is 4.87. The molecular weight excluding hydrogens is 353 g/mol. The highest BCUT2D eigenvalue weighted by molar-refractivity contribution is 7.92. The van der Waals surface area contributed by atoms with E-state index in [1.54, 1.807) is 43.3 Å². The molecule has 0 heterocycles. The molecule has 0 bridgehead atoms. The van der Waals surface area contributed by atoms with E-state index in [4.69, 9.17) is 4.74 Å². The molecular formula is C20H20FNO3S. The first-order valence-electron chi connectivity index (χ1n) is 8.42. The zero-order valence-corrected chi connectivity index (χ0v) is 15.5. The fourth-order valence-corrected chi connectivity index (χ4v) is 5.80. The third-order valence-electron chi connectivity index (χ3n) is 4.92. The van der Waals surface area contributed by atoms with Crippen molar-refractivity contribution >= 4 is 9.84 Å². The summed E-state index contributed by atoms with van der Waals surface area (Å²) in [5.74, 6) is -0.953. The minimum atomic E-state index is -3.74. The largest absolute Gasteiger partial charge is 0.380 e. The lowest BCUT2D eigenvalue weighted by Crippen LogP contribution is -2.19. The van der Waals surface area contributed by atoms with Gasteiger partial charge >= 0.3 is 0 Å². The fraction of sp³-hybridized carbons (Fsp3) is 0.350. The van der Waals surface area contributed by atoms with Crippen LogP contribution in [0.2, 0.25) is 0 Å². The minimum absolute atomic E-state index is 0.0256. The molecule has 1 saturated carbocycles. The summed E-state index contributed by atoms with van der Waals surface area (Å²) >= 11 is 0. The summed E-state index contributed by atoms with van der Waals surface area (Å²) in [7, 11) is -3.74. The van der Waals surface area contributed by atoms with Crippen LogP contribution >= 0.6 is 0 Å². The third-order valence-corrected chi connectivity index (χ3v) is 7.21. The smallest absolute Gasteiger partial charge is 0.183 e. The molecule has 136 valence electrons. The van der Waals surface area contributed by atoms with Crippen LogP contribution in [-0.4, -0.2) is 26.9 Å². The summed E-state index contributed by atoms with van der Waals surface area (Å²) in [5, 5.41) is 8.91. The molecule has 1 fully saturated rings. The van der Waals surface area contributed by atoms with Gasteiger partial charge in [-0.05, 0) is 43.7 Å². The van der Waals surface area contributed by atoms with Crippen molar-refractivity contribution in [1.29, 1.82) is 5.26 Å². The van der Waals surface area contributed by atoms with Crippen LogP contribution in [0.15, 0.2) is 53.4 Å². The normalized spacial score (nSPS) is 24.8. The van der Waals surface area contributed by atoms with Crippen LogP contribution < -0.4 is 0 Å². The molecule has 0 amide bonds. The summed E-state index contributed by atoms with van der Waals surface area (Å²) in [5.41, 5.74) is 0.418. The zero-order valence-electron chi connectivity index (χ0n) is 14.6. The highest BCUT2D eigenvalue weighted by Crippen LogP contribution is 2.63. The van der Waals surface area contributed by atoms with Crippen molar-refractivity contribution < 1.29 is 17.5 Å². The molecule has 26 heavy (non-hydrogen) atoms. The molecule has 3 rings (SSSR count). The molecule has 3 atom stereocenters. The Hall–Kier alpha value is -2.23. The van der Waals surface area contributed by atoms with Crippen LogP contribution in [-0.2, 0) is 14.6 Å². The maximum atomic E-state index is 13.3. The van der Waals surface area contributed by atoms with Crippen LogP contribution in [0.4, 0.5) is 4.39 Å². The predicted octanol–water partition coefficient (Wildman–Crippen LogP) is 3.62. The lowest BCUT2D eigenvalue weighted by Gasteiger charge is -2.10. The number of hydrogen-bond donors (Lipinski definition) is 0. The Labute approximate surface area is 153 Å². The van der Waals surface area contributed by atoms with Crippen molar-refractivity contribution in [1.82, 2.24) is 0 Å². The molecule has 6 heteroatoms. The Morgan fingerprint density at radius 3 is 2.31 bits per heavy atom. The Morgan fingerprint density at radius 2 is 1.77 bits per heavy atom. The van der Waals surface area contributed by atoms with Crippen LogP contribution in [0.25, 0.3) is 0 Å².